The Morgan fingerprint density at radius 3 is 3.11 bits per heavy atom. The molecule has 1 fully saturated rings. The number of halogens is 1. The Bertz CT molecular complexity index is 400. The van der Waals surface area contributed by atoms with Gasteiger partial charge in [-0.2, -0.15) is 4.98 Å². The van der Waals surface area contributed by atoms with Crippen molar-refractivity contribution in [1.82, 2.24) is 9.97 Å². The van der Waals surface area contributed by atoms with Crippen molar-refractivity contribution in [2.24, 2.45) is 5.73 Å². The van der Waals surface area contributed by atoms with E-state index in [1.54, 1.807) is 13.3 Å². The lowest BCUT2D eigenvalue weighted by Gasteiger charge is -2.35. The number of anilines is 1. The number of nitrogens with zero attached hydrogens (tertiary/aromatic N) is 3. The molecule has 0 radical (unpaired) electrons. The van der Waals surface area contributed by atoms with Crippen LogP contribution in [0.4, 0.5) is 5.95 Å². The zero-order valence-electron chi connectivity index (χ0n) is 10.6. The third-order valence-electron chi connectivity index (χ3n) is 3.28. The van der Waals surface area contributed by atoms with Crippen molar-refractivity contribution in [3.8, 4) is 5.88 Å². The van der Waals surface area contributed by atoms with E-state index in [0.29, 0.717) is 18.5 Å². The molecular formula is C12H19BrN4O. The van der Waals surface area contributed by atoms with Gasteiger partial charge in [0.25, 0.3) is 0 Å². The molecule has 5 nitrogen and oxygen atoms in total. The Labute approximate surface area is 116 Å². The molecule has 18 heavy (non-hydrogen) atoms. The van der Waals surface area contributed by atoms with Gasteiger partial charge in [0.2, 0.25) is 11.8 Å². The van der Waals surface area contributed by atoms with Crippen molar-refractivity contribution in [1.29, 1.82) is 0 Å². The Hall–Kier alpha value is -0.880. The number of methoxy groups -OCH3 is 1. The first-order valence-electron chi connectivity index (χ1n) is 6.29. The maximum atomic E-state index is 5.68. The molecule has 1 aromatic rings. The van der Waals surface area contributed by atoms with Crippen molar-refractivity contribution in [3.05, 3.63) is 10.7 Å². The predicted molar refractivity (Wildman–Crippen MR) is 74.9 cm³/mol. The first-order valence-corrected chi connectivity index (χ1v) is 7.08. The van der Waals surface area contributed by atoms with Crippen LogP contribution in [-0.4, -0.2) is 36.2 Å². The monoisotopic (exact) mass is 314 g/mol. The van der Waals surface area contributed by atoms with Crippen LogP contribution in [0.1, 0.15) is 25.7 Å². The van der Waals surface area contributed by atoms with Crippen LogP contribution in [0.25, 0.3) is 0 Å². The molecule has 100 valence electrons. The molecule has 6 heteroatoms. The van der Waals surface area contributed by atoms with E-state index in [1.165, 1.54) is 19.3 Å². The summed E-state index contributed by atoms with van der Waals surface area (Å²) in [5.74, 6) is 1.32. The summed E-state index contributed by atoms with van der Waals surface area (Å²) >= 11 is 3.37. The molecule has 1 aromatic heterocycles. The Morgan fingerprint density at radius 1 is 1.56 bits per heavy atom. The van der Waals surface area contributed by atoms with Gasteiger partial charge in [0.1, 0.15) is 0 Å². The molecule has 1 saturated heterocycles. The highest BCUT2D eigenvalue weighted by molar-refractivity contribution is 9.10. The van der Waals surface area contributed by atoms with Crippen molar-refractivity contribution in [2.45, 2.75) is 31.7 Å². The molecule has 2 rings (SSSR count). The molecule has 0 spiro atoms. The minimum atomic E-state index is 0.453. The van der Waals surface area contributed by atoms with Gasteiger partial charge in [-0.1, -0.05) is 0 Å². The van der Waals surface area contributed by atoms with Crippen LogP contribution in [0.5, 0.6) is 5.88 Å². The molecule has 0 saturated carbocycles. The van der Waals surface area contributed by atoms with E-state index in [0.717, 1.165) is 23.4 Å². The summed E-state index contributed by atoms with van der Waals surface area (Å²) in [4.78, 5) is 11.1. The van der Waals surface area contributed by atoms with E-state index in [2.05, 4.69) is 30.8 Å². The minimum Gasteiger partial charge on any atom is -0.480 e. The Balaban J connectivity index is 2.22. The van der Waals surface area contributed by atoms with Gasteiger partial charge in [-0.3, -0.25) is 0 Å². The topological polar surface area (TPSA) is 64.3 Å². The third kappa shape index (κ3) is 2.92. The SMILES string of the molecule is COc1nc(N2CCCCC2CCN)ncc1Br. The normalized spacial score (nSPS) is 19.9. The van der Waals surface area contributed by atoms with Crippen molar-refractivity contribution < 1.29 is 4.74 Å². The van der Waals surface area contributed by atoms with E-state index < -0.39 is 0 Å². The van der Waals surface area contributed by atoms with Crippen LogP contribution < -0.4 is 15.4 Å². The average molecular weight is 315 g/mol. The zero-order valence-corrected chi connectivity index (χ0v) is 12.2. The fourth-order valence-electron chi connectivity index (χ4n) is 2.38. The minimum absolute atomic E-state index is 0.453. The number of aromatic nitrogens is 2. The number of hydrogen-bond donors (Lipinski definition) is 1. The zero-order chi connectivity index (χ0) is 13.0. The second-order valence-electron chi connectivity index (χ2n) is 4.45. The molecular weight excluding hydrogens is 296 g/mol. The van der Waals surface area contributed by atoms with Gasteiger partial charge < -0.3 is 15.4 Å². The second kappa shape index (κ2) is 6.33. The molecule has 1 atom stereocenters. The highest BCUT2D eigenvalue weighted by Crippen LogP contribution is 2.27. The van der Waals surface area contributed by atoms with Crippen molar-refractivity contribution in [3.63, 3.8) is 0 Å². The first-order chi connectivity index (χ1) is 8.76. The molecule has 0 aromatic carbocycles. The van der Waals surface area contributed by atoms with Crippen LogP contribution in [0, 0.1) is 0 Å². The Morgan fingerprint density at radius 2 is 2.39 bits per heavy atom. The van der Waals surface area contributed by atoms with Crippen molar-refractivity contribution in [2.75, 3.05) is 25.1 Å². The fraction of sp³-hybridized carbons (Fsp3) is 0.667. The lowest BCUT2D eigenvalue weighted by Crippen LogP contribution is -2.41. The van der Waals surface area contributed by atoms with Gasteiger partial charge in [-0.05, 0) is 48.2 Å². The lowest BCUT2D eigenvalue weighted by atomic mass is 10.00. The van der Waals surface area contributed by atoms with Crippen LogP contribution in [0.2, 0.25) is 0 Å². The summed E-state index contributed by atoms with van der Waals surface area (Å²) < 4.78 is 6.00. The molecule has 1 unspecified atom stereocenters. The number of piperidine rings is 1. The van der Waals surface area contributed by atoms with Crippen molar-refractivity contribution >= 4 is 21.9 Å². The van der Waals surface area contributed by atoms with Gasteiger partial charge in [-0.25, -0.2) is 4.98 Å². The molecule has 2 heterocycles. The molecule has 1 aliphatic heterocycles. The van der Waals surface area contributed by atoms with Gasteiger partial charge in [0.15, 0.2) is 0 Å². The third-order valence-corrected chi connectivity index (χ3v) is 3.82. The predicted octanol–water partition coefficient (Wildman–Crippen LogP) is 1.96. The molecule has 0 amide bonds. The smallest absolute Gasteiger partial charge is 0.232 e. The number of ether oxygens (including phenoxy) is 1. The Kier molecular flexibility index (Phi) is 4.77. The highest BCUT2D eigenvalue weighted by Gasteiger charge is 2.24. The number of rotatable bonds is 4. The maximum absolute atomic E-state index is 5.68. The van der Waals surface area contributed by atoms with Crippen LogP contribution in [-0.2, 0) is 0 Å². The van der Waals surface area contributed by atoms with E-state index in [-0.39, 0.29) is 0 Å². The lowest BCUT2D eigenvalue weighted by molar-refractivity contribution is 0.389. The van der Waals surface area contributed by atoms with Crippen LogP contribution in [0.15, 0.2) is 10.7 Å². The van der Waals surface area contributed by atoms with Crippen LogP contribution in [0.3, 0.4) is 0 Å². The largest absolute Gasteiger partial charge is 0.480 e. The second-order valence-corrected chi connectivity index (χ2v) is 5.30. The van der Waals surface area contributed by atoms with E-state index in [1.807, 2.05) is 0 Å². The van der Waals surface area contributed by atoms with Gasteiger partial charge >= 0.3 is 0 Å². The first kappa shape index (κ1) is 13.5. The van der Waals surface area contributed by atoms with Gasteiger partial charge in [0.05, 0.1) is 17.8 Å². The molecule has 1 aliphatic rings. The van der Waals surface area contributed by atoms with Gasteiger partial charge in [0, 0.05) is 12.6 Å². The quantitative estimate of drug-likeness (QED) is 0.920. The summed E-state index contributed by atoms with van der Waals surface area (Å²) in [6.07, 6.45) is 6.34. The maximum Gasteiger partial charge on any atom is 0.232 e. The summed E-state index contributed by atoms with van der Waals surface area (Å²) in [6.45, 7) is 1.70. The number of nitrogens with two attached hydrogens (primary N) is 1. The molecule has 0 bridgehead atoms. The fourth-order valence-corrected chi connectivity index (χ4v) is 2.73. The standard InChI is InChI=1S/C12H19BrN4O/c1-18-11-10(13)8-15-12(16-11)17-7-3-2-4-9(17)5-6-14/h8-9H,2-7,14H2,1H3. The van der Waals surface area contributed by atoms with E-state index >= 15 is 0 Å². The number of hydrogen-bond acceptors (Lipinski definition) is 5. The summed E-state index contributed by atoms with van der Waals surface area (Å²) in [5.41, 5.74) is 5.68. The van der Waals surface area contributed by atoms with E-state index in [9.17, 15) is 0 Å². The summed E-state index contributed by atoms with van der Waals surface area (Å²) in [5, 5.41) is 0. The molecule has 2 N–H and O–H groups in total. The highest BCUT2D eigenvalue weighted by atomic mass is 79.9. The average Bonchev–Trinajstić information content (AvgIpc) is 2.40. The van der Waals surface area contributed by atoms with Gasteiger partial charge in [-0.15, -0.1) is 0 Å². The molecule has 0 aliphatic carbocycles. The summed E-state index contributed by atoms with van der Waals surface area (Å²) in [7, 11) is 1.62. The summed E-state index contributed by atoms with van der Waals surface area (Å²) in [6, 6.07) is 0.453. The van der Waals surface area contributed by atoms with Crippen LogP contribution >= 0.6 is 15.9 Å². The van der Waals surface area contributed by atoms with E-state index in [4.69, 9.17) is 10.5 Å².